The largest absolute Gasteiger partial charge is 0.370 e. The van der Waals surface area contributed by atoms with Crippen molar-refractivity contribution < 1.29 is 28.8 Å². The third-order valence-electron chi connectivity index (χ3n) is 7.62. The van der Waals surface area contributed by atoms with E-state index in [9.17, 15) is 28.8 Å². The number of rotatable bonds is 6. The van der Waals surface area contributed by atoms with Gasteiger partial charge in [-0.15, -0.1) is 22.7 Å². The van der Waals surface area contributed by atoms with Crippen LogP contribution in [-0.2, 0) is 25.7 Å². The summed E-state index contributed by atoms with van der Waals surface area (Å²) in [6.45, 7) is 7.80. The predicted molar refractivity (Wildman–Crippen MR) is 167 cm³/mol. The number of hydrogen-bond donors (Lipinski definition) is 5. The maximum absolute atomic E-state index is 13.6. The van der Waals surface area contributed by atoms with Crippen molar-refractivity contribution in [3.05, 3.63) is 32.2 Å². The van der Waals surface area contributed by atoms with Crippen molar-refractivity contribution >= 4 is 58.1 Å². The Labute approximate surface area is 269 Å². The highest BCUT2D eigenvalue weighted by molar-refractivity contribution is 7.10. The number of hydrogen-bond acceptors (Lipinski definition) is 10. The molecule has 244 valence electrons. The molecule has 0 aromatic carbocycles. The van der Waals surface area contributed by atoms with Gasteiger partial charge >= 0.3 is 0 Å². The molecular weight excluding hydrogens is 621 g/mol. The van der Waals surface area contributed by atoms with Gasteiger partial charge in [0.05, 0.1) is 12.6 Å². The summed E-state index contributed by atoms with van der Waals surface area (Å²) < 4.78 is 0. The molecule has 0 radical (unpaired) electrons. The SMILES string of the molecule is CC(C)C[C@H]1NC(=O)[C@@H]2CCCN2C(=O)c2csc(n2)CNC(=O)c2csc(n2)[C@@H](CCC(N)=O)NC(=O)[C@@H](C(C)C)NC1=O. The van der Waals surface area contributed by atoms with Crippen LogP contribution in [0.2, 0.25) is 0 Å². The van der Waals surface area contributed by atoms with Gasteiger partial charge in [0, 0.05) is 23.7 Å². The highest BCUT2D eigenvalue weighted by atomic mass is 32.1. The average molecular weight is 661 g/mol. The maximum atomic E-state index is 13.6. The molecule has 1 saturated heterocycles. The molecule has 4 bridgehead atoms. The number of amides is 6. The summed E-state index contributed by atoms with van der Waals surface area (Å²) in [4.78, 5) is 89.0. The summed E-state index contributed by atoms with van der Waals surface area (Å²) in [5.41, 5.74) is 5.67. The fraction of sp³-hybridized carbons (Fsp3) is 0.586. The fourth-order valence-corrected chi connectivity index (χ4v) is 6.88. The molecule has 0 aliphatic carbocycles. The number of primary amides is 1. The molecule has 14 nitrogen and oxygen atoms in total. The van der Waals surface area contributed by atoms with Gasteiger partial charge in [0.25, 0.3) is 11.8 Å². The Morgan fingerprint density at radius 2 is 1.67 bits per heavy atom. The van der Waals surface area contributed by atoms with Gasteiger partial charge in [-0.25, -0.2) is 9.97 Å². The summed E-state index contributed by atoms with van der Waals surface area (Å²) in [5, 5.41) is 15.3. The Morgan fingerprint density at radius 3 is 2.36 bits per heavy atom. The Hall–Kier alpha value is -3.92. The summed E-state index contributed by atoms with van der Waals surface area (Å²) in [7, 11) is 0. The number of fused-ring (bicyclic) bond motifs is 5. The second-order valence-electron chi connectivity index (χ2n) is 12.0. The molecule has 2 aromatic rings. The molecule has 4 heterocycles. The van der Waals surface area contributed by atoms with Crippen molar-refractivity contribution in [2.45, 2.75) is 90.5 Å². The lowest BCUT2D eigenvalue weighted by Gasteiger charge is -2.29. The van der Waals surface area contributed by atoms with Gasteiger partial charge in [-0.2, -0.15) is 0 Å². The monoisotopic (exact) mass is 660 g/mol. The Morgan fingerprint density at radius 1 is 0.956 bits per heavy atom. The van der Waals surface area contributed by atoms with Gasteiger partial charge in [0.15, 0.2) is 0 Å². The van der Waals surface area contributed by atoms with E-state index in [0.717, 1.165) is 11.3 Å². The first-order chi connectivity index (χ1) is 21.3. The number of nitrogens with zero attached hydrogens (tertiary/aromatic N) is 3. The van der Waals surface area contributed by atoms with Crippen LogP contribution in [0.25, 0.3) is 0 Å². The first kappa shape index (κ1) is 34.0. The van der Waals surface area contributed by atoms with Gasteiger partial charge in [-0.1, -0.05) is 27.7 Å². The zero-order valence-electron chi connectivity index (χ0n) is 25.8. The number of carbonyl (C=O) groups is 6. The lowest BCUT2D eigenvalue weighted by Crippen LogP contribution is -2.58. The second-order valence-corrected chi connectivity index (χ2v) is 13.9. The van der Waals surface area contributed by atoms with Crippen molar-refractivity contribution in [3.63, 3.8) is 0 Å². The van der Waals surface area contributed by atoms with E-state index >= 15 is 0 Å². The number of nitrogens with one attached hydrogen (secondary N) is 4. The van der Waals surface area contributed by atoms with E-state index in [-0.39, 0.29) is 42.6 Å². The van der Waals surface area contributed by atoms with E-state index in [1.807, 2.05) is 13.8 Å². The van der Waals surface area contributed by atoms with Crippen molar-refractivity contribution in [3.8, 4) is 0 Å². The average Bonchev–Trinajstić information content (AvgIpc) is 3.76. The molecule has 0 unspecified atom stereocenters. The molecule has 0 spiro atoms. The number of thiazole rings is 2. The Bertz CT molecular complexity index is 1440. The topological polar surface area (TPSA) is 206 Å². The number of carbonyl (C=O) groups excluding carboxylic acids is 6. The lowest BCUT2D eigenvalue weighted by atomic mass is 9.99. The third kappa shape index (κ3) is 8.63. The maximum Gasteiger partial charge on any atom is 0.274 e. The summed E-state index contributed by atoms with van der Waals surface area (Å²) in [6, 6.07) is -3.47. The molecule has 1 fully saturated rings. The van der Waals surface area contributed by atoms with Gasteiger partial charge in [-0.05, 0) is 37.5 Å². The van der Waals surface area contributed by atoms with Crippen molar-refractivity contribution in [2.24, 2.45) is 17.6 Å². The molecule has 16 heteroatoms. The van der Waals surface area contributed by atoms with Crippen LogP contribution in [0, 0.1) is 11.8 Å². The minimum absolute atomic E-state index is 0.0326. The molecule has 6 amide bonds. The van der Waals surface area contributed by atoms with Crippen LogP contribution in [0.5, 0.6) is 0 Å². The summed E-state index contributed by atoms with van der Waals surface area (Å²) in [6.07, 6.45) is 1.44. The van der Waals surface area contributed by atoms with E-state index in [0.29, 0.717) is 35.8 Å². The van der Waals surface area contributed by atoms with E-state index in [1.165, 1.54) is 16.2 Å². The van der Waals surface area contributed by atoms with E-state index in [4.69, 9.17) is 5.73 Å². The van der Waals surface area contributed by atoms with Crippen LogP contribution >= 0.6 is 22.7 Å². The molecule has 4 atom stereocenters. The zero-order chi connectivity index (χ0) is 32.8. The standard InChI is InChI=1S/C29H40N8O6S2/c1-14(2)10-17-25(40)36-23(15(3)4)27(42)33-16(7-8-21(30)38)28-35-18(12-45-28)24(39)31-11-22-32-19(13-44-22)29(43)37-9-5-6-20(37)26(41)34-17/h12-17,20,23H,5-11H2,1-4H3,(H2,30,38)(H,31,39)(H,33,42)(H,34,41)(H,36,40)/t16-,17-,20+,23-/m1/s1. The Balaban J connectivity index is 1.69. The fourth-order valence-electron chi connectivity index (χ4n) is 5.28. The molecule has 2 aliphatic rings. The molecule has 6 N–H and O–H groups in total. The van der Waals surface area contributed by atoms with Gasteiger partial charge in [0.1, 0.15) is 39.5 Å². The van der Waals surface area contributed by atoms with E-state index < -0.39 is 59.6 Å². The predicted octanol–water partition coefficient (Wildman–Crippen LogP) is 1.24. The van der Waals surface area contributed by atoms with Crippen molar-refractivity contribution in [1.82, 2.24) is 36.1 Å². The normalized spacial score (nSPS) is 23.6. The molecular formula is C29H40N8O6S2. The smallest absolute Gasteiger partial charge is 0.274 e. The lowest BCUT2D eigenvalue weighted by molar-refractivity contribution is -0.134. The van der Waals surface area contributed by atoms with Crippen LogP contribution in [-0.4, -0.2) is 75.0 Å². The first-order valence-electron chi connectivity index (χ1n) is 15.0. The van der Waals surface area contributed by atoms with Crippen LogP contribution in [0.4, 0.5) is 0 Å². The molecule has 2 aliphatic heterocycles. The summed E-state index contributed by atoms with van der Waals surface area (Å²) in [5.74, 6) is -3.25. The van der Waals surface area contributed by atoms with E-state index in [2.05, 4.69) is 31.2 Å². The Kier molecular flexibility index (Phi) is 11.3. The molecule has 4 rings (SSSR count). The van der Waals surface area contributed by atoms with Gasteiger partial charge < -0.3 is 31.9 Å². The number of nitrogens with two attached hydrogens (primary N) is 1. The van der Waals surface area contributed by atoms with Crippen LogP contribution in [0.15, 0.2) is 10.8 Å². The van der Waals surface area contributed by atoms with Crippen LogP contribution in [0.1, 0.15) is 96.8 Å². The van der Waals surface area contributed by atoms with Crippen LogP contribution in [0.3, 0.4) is 0 Å². The number of aromatic nitrogens is 2. The summed E-state index contributed by atoms with van der Waals surface area (Å²) >= 11 is 2.35. The zero-order valence-corrected chi connectivity index (χ0v) is 27.4. The minimum Gasteiger partial charge on any atom is -0.370 e. The highest BCUT2D eigenvalue weighted by Crippen LogP contribution is 2.25. The van der Waals surface area contributed by atoms with Gasteiger partial charge in [-0.3, -0.25) is 28.8 Å². The third-order valence-corrected chi connectivity index (χ3v) is 9.43. The molecule has 2 aromatic heterocycles. The van der Waals surface area contributed by atoms with Crippen molar-refractivity contribution in [1.29, 1.82) is 0 Å². The van der Waals surface area contributed by atoms with Gasteiger partial charge in [0.2, 0.25) is 23.6 Å². The molecule has 0 saturated carbocycles. The quantitative estimate of drug-likeness (QED) is 0.304. The minimum atomic E-state index is -0.986. The highest BCUT2D eigenvalue weighted by Gasteiger charge is 2.38. The van der Waals surface area contributed by atoms with E-state index in [1.54, 1.807) is 24.6 Å². The van der Waals surface area contributed by atoms with Crippen molar-refractivity contribution in [2.75, 3.05) is 6.54 Å². The second kappa shape index (κ2) is 14.9. The first-order valence-corrected chi connectivity index (χ1v) is 16.8. The molecule has 45 heavy (non-hydrogen) atoms. The van der Waals surface area contributed by atoms with Crippen LogP contribution < -0.4 is 27.0 Å².